The molecule has 0 aliphatic heterocycles. The molecule has 0 amide bonds. The van der Waals surface area contributed by atoms with Gasteiger partial charge in [-0.1, -0.05) is 11.6 Å². The first-order valence-corrected chi connectivity index (χ1v) is 7.46. The number of halogens is 2. The molecule has 74 valence electrons. The number of aromatic nitrogens is 2. The lowest BCUT2D eigenvalue weighted by Crippen LogP contribution is -1.90. The Morgan fingerprint density at radius 2 is 2.43 bits per heavy atom. The van der Waals surface area contributed by atoms with E-state index in [9.17, 15) is 0 Å². The fourth-order valence-corrected chi connectivity index (χ4v) is 2.69. The van der Waals surface area contributed by atoms with E-state index in [-0.39, 0.29) is 0 Å². The molecule has 0 spiro atoms. The van der Waals surface area contributed by atoms with Crippen LogP contribution in [0.25, 0.3) is 11.0 Å². The van der Waals surface area contributed by atoms with Gasteiger partial charge in [-0.2, -0.15) is 4.98 Å². The summed E-state index contributed by atoms with van der Waals surface area (Å²) in [4.78, 5) is 4.32. The molecule has 0 bridgehead atoms. The molecule has 0 fully saturated rings. The maximum absolute atomic E-state index is 6.07. The maximum atomic E-state index is 6.07. The molecule has 2 heterocycles. The smallest absolute Gasteiger partial charge is 0.216 e. The number of hydrogen-bond donors (Lipinski definition) is 0. The Balaban J connectivity index is 2.73. The minimum Gasteiger partial charge on any atom is -0.481 e. The van der Waals surface area contributed by atoms with Crippen molar-refractivity contribution >= 4 is 53.0 Å². The minimum absolute atomic E-state index is 0.535. The minimum atomic E-state index is 0.535. The fourth-order valence-electron chi connectivity index (χ4n) is 1.19. The fraction of sp³-hybridized carbons (Fsp3) is 0.125. The summed E-state index contributed by atoms with van der Waals surface area (Å²) in [6.07, 6.45) is 1.93. The number of nitrogens with zero attached hydrogens (tertiary/aromatic N) is 2. The lowest BCUT2D eigenvalue weighted by Gasteiger charge is -2.02. The van der Waals surface area contributed by atoms with Gasteiger partial charge in [-0.15, -0.1) is 0 Å². The van der Waals surface area contributed by atoms with Gasteiger partial charge in [0, 0.05) is 48.0 Å². The van der Waals surface area contributed by atoms with E-state index >= 15 is 0 Å². The molecule has 0 N–H and O–H groups in total. The Hall–Kier alpha value is -0.140. The van der Waals surface area contributed by atoms with Crippen LogP contribution in [-0.2, 0) is 0 Å². The number of methoxy groups -OCH3 is 1. The van der Waals surface area contributed by atoms with E-state index in [0.29, 0.717) is 10.9 Å². The summed E-state index contributed by atoms with van der Waals surface area (Å²) in [5.41, 5.74) is 0.828. The highest BCUT2D eigenvalue weighted by Crippen LogP contribution is 2.30. The average Bonchev–Trinajstić information content (AvgIpc) is 2.61. The molecular weight excluding hydrogens is 335 g/mol. The second-order valence-electron chi connectivity index (χ2n) is 2.59. The molecule has 14 heavy (non-hydrogen) atoms. The van der Waals surface area contributed by atoms with Crippen molar-refractivity contribution in [3.8, 4) is 5.88 Å². The average molecular weight is 341 g/mol. The Morgan fingerprint density at radius 3 is 3.07 bits per heavy atom. The van der Waals surface area contributed by atoms with E-state index in [4.69, 9.17) is 16.3 Å². The lowest BCUT2D eigenvalue weighted by molar-refractivity contribution is 0.399. The van der Waals surface area contributed by atoms with Crippen LogP contribution in [0.2, 0.25) is 5.02 Å². The third-order valence-corrected chi connectivity index (χ3v) is 3.86. The SMILES string of the molecule is COc1cc(Cl)c2ccn(SI)c2n1. The summed E-state index contributed by atoms with van der Waals surface area (Å²) in [6, 6.07) is 3.65. The second-order valence-corrected chi connectivity index (χ2v) is 4.71. The Morgan fingerprint density at radius 1 is 1.64 bits per heavy atom. The van der Waals surface area contributed by atoms with Crippen LogP contribution in [0.15, 0.2) is 18.3 Å². The zero-order valence-corrected chi connectivity index (χ0v) is 10.9. The zero-order chi connectivity index (χ0) is 10.1. The van der Waals surface area contributed by atoms with Crippen molar-refractivity contribution in [1.29, 1.82) is 0 Å². The number of ether oxygens (including phenoxy) is 1. The summed E-state index contributed by atoms with van der Waals surface area (Å²) in [5.74, 6) is 0.535. The van der Waals surface area contributed by atoms with Crippen LogP contribution >= 0.6 is 41.9 Å². The standard InChI is InChI=1S/C8H6ClIN2OS/c1-13-7-4-6(9)5-2-3-12(14-10)8(5)11-7/h2-4H,1H3. The number of pyridine rings is 1. The molecule has 0 saturated heterocycles. The van der Waals surface area contributed by atoms with E-state index in [1.54, 1.807) is 22.3 Å². The molecule has 0 atom stereocenters. The predicted molar refractivity (Wildman–Crippen MR) is 68.3 cm³/mol. The van der Waals surface area contributed by atoms with Gasteiger partial charge in [-0.25, -0.2) is 0 Å². The highest BCUT2D eigenvalue weighted by atomic mass is 127. The normalized spacial score (nSPS) is 10.8. The van der Waals surface area contributed by atoms with E-state index in [1.807, 2.05) is 16.2 Å². The largest absolute Gasteiger partial charge is 0.481 e. The molecule has 0 aliphatic rings. The van der Waals surface area contributed by atoms with Gasteiger partial charge in [0.05, 0.1) is 12.1 Å². The van der Waals surface area contributed by atoms with Crippen LogP contribution in [0.5, 0.6) is 5.88 Å². The Bertz CT molecular complexity index is 474. The third-order valence-electron chi connectivity index (χ3n) is 1.83. The van der Waals surface area contributed by atoms with Gasteiger partial charge in [0.2, 0.25) is 5.88 Å². The summed E-state index contributed by atoms with van der Waals surface area (Å²) in [5, 5.41) is 1.60. The van der Waals surface area contributed by atoms with Gasteiger partial charge in [0.15, 0.2) is 5.65 Å². The first-order valence-electron chi connectivity index (χ1n) is 3.77. The van der Waals surface area contributed by atoms with Gasteiger partial charge >= 0.3 is 0 Å². The van der Waals surface area contributed by atoms with E-state index < -0.39 is 0 Å². The van der Waals surface area contributed by atoms with Crippen LogP contribution in [0.4, 0.5) is 0 Å². The molecule has 0 aliphatic carbocycles. The molecule has 2 aromatic heterocycles. The van der Waals surface area contributed by atoms with Crippen LogP contribution in [-0.4, -0.2) is 16.1 Å². The van der Waals surface area contributed by atoms with E-state index in [1.165, 1.54) is 0 Å². The van der Waals surface area contributed by atoms with Crippen molar-refractivity contribution in [2.45, 2.75) is 0 Å². The van der Waals surface area contributed by atoms with Crippen molar-refractivity contribution in [3.05, 3.63) is 23.4 Å². The topological polar surface area (TPSA) is 27.1 Å². The molecule has 0 radical (unpaired) electrons. The van der Waals surface area contributed by atoms with Crippen molar-refractivity contribution in [1.82, 2.24) is 8.96 Å². The lowest BCUT2D eigenvalue weighted by atomic mass is 10.3. The molecule has 0 aromatic carbocycles. The van der Waals surface area contributed by atoms with Crippen LogP contribution in [0, 0.1) is 0 Å². The highest BCUT2D eigenvalue weighted by molar-refractivity contribution is 14.2. The Kier molecular flexibility index (Phi) is 3.08. The van der Waals surface area contributed by atoms with Gasteiger partial charge in [0.1, 0.15) is 0 Å². The molecule has 6 heteroatoms. The third kappa shape index (κ3) is 1.68. The quantitative estimate of drug-likeness (QED) is 0.783. The number of fused-ring (bicyclic) bond motifs is 1. The number of hydrogen-bond acceptors (Lipinski definition) is 3. The first-order chi connectivity index (χ1) is 6.76. The van der Waals surface area contributed by atoms with Gasteiger partial charge in [-0.3, -0.25) is 3.97 Å². The first kappa shape index (κ1) is 10.4. The monoisotopic (exact) mass is 340 g/mol. The van der Waals surface area contributed by atoms with Gasteiger partial charge in [0.25, 0.3) is 0 Å². The molecular formula is C8H6ClIN2OS. The van der Waals surface area contributed by atoms with Crippen molar-refractivity contribution < 1.29 is 4.74 Å². The number of rotatable bonds is 2. The maximum Gasteiger partial charge on any atom is 0.216 e. The molecule has 2 aromatic rings. The van der Waals surface area contributed by atoms with Crippen molar-refractivity contribution in [2.24, 2.45) is 0 Å². The molecule has 3 nitrogen and oxygen atoms in total. The van der Waals surface area contributed by atoms with Crippen LogP contribution in [0.1, 0.15) is 0 Å². The summed E-state index contributed by atoms with van der Waals surface area (Å²) in [6.45, 7) is 0. The predicted octanol–water partition coefficient (Wildman–Crippen LogP) is 3.54. The van der Waals surface area contributed by atoms with Crippen LogP contribution < -0.4 is 4.74 Å². The van der Waals surface area contributed by atoms with Crippen LogP contribution in [0.3, 0.4) is 0 Å². The molecule has 2 rings (SSSR count). The highest BCUT2D eigenvalue weighted by Gasteiger charge is 2.08. The molecule has 0 saturated carbocycles. The Labute approximate surface area is 103 Å². The summed E-state index contributed by atoms with van der Waals surface area (Å²) in [7, 11) is 3.12. The van der Waals surface area contributed by atoms with E-state index in [2.05, 4.69) is 26.2 Å². The van der Waals surface area contributed by atoms with Gasteiger partial charge in [-0.05, 0) is 6.07 Å². The molecule has 0 unspecified atom stereocenters. The van der Waals surface area contributed by atoms with Gasteiger partial charge < -0.3 is 4.74 Å². The van der Waals surface area contributed by atoms with Crippen molar-refractivity contribution in [2.75, 3.05) is 7.11 Å². The zero-order valence-electron chi connectivity index (χ0n) is 7.20. The summed E-state index contributed by atoms with van der Waals surface area (Å²) < 4.78 is 6.99. The van der Waals surface area contributed by atoms with Crippen molar-refractivity contribution in [3.63, 3.8) is 0 Å². The second kappa shape index (κ2) is 4.16. The summed E-state index contributed by atoms with van der Waals surface area (Å²) >= 11 is 8.26. The van der Waals surface area contributed by atoms with E-state index in [0.717, 1.165) is 11.0 Å².